The number of hydrogen-bond donors (Lipinski definition) is 1. The van der Waals surface area contributed by atoms with E-state index in [0.29, 0.717) is 28.9 Å². The zero-order chi connectivity index (χ0) is 18.8. The van der Waals surface area contributed by atoms with Crippen molar-refractivity contribution in [3.63, 3.8) is 0 Å². The van der Waals surface area contributed by atoms with Crippen molar-refractivity contribution in [2.75, 3.05) is 6.61 Å². The Morgan fingerprint density at radius 3 is 2.74 bits per heavy atom. The second kappa shape index (κ2) is 7.16. The lowest BCUT2D eigenvalue weighted by molar-refractivity contribution is 0.341. The minimum atomic E-state index is -0.288. The van der Waals surface area contributed by atoms with Gasteiger partial charge in [0, 0.05) is 0 Å². The van der Waals surface area contributed by atoms with Crippen molar-refractivity contribution in [3.05, 3.63) is 64.6 Å². The van der Waals surface area contributed by atoms with Crippen molar-refractivity contribution < 1.29 is 4.74 Å². The Labute approximate surface area is 159 Å². The molecular formula is C19H17N5O2S. The molecule has 2 aromatic carbocycles. The molecule has 0 fully saturated rings. The van der Waals surface area contributed by atoms with Crippen molar-refractivity contribution in [2.45, 2.75) is 13.8 Å². The Morgan fingerprint density at radius 2 is 1.93 bits per heavy atom. The third-order valence-corrected chi connectivity index (χ3v) is 4.96. The number of azo groups is 1. The molecule has 4 aromatic rings. The second-order valence-corrected chi connectivity index (χ2v) is 6.80. The Kier molecular flexibility index (Phi) is 4.55. The fraction of sp³-hybridized carbons (Fsp3) is 0.158. The van der Waals surface area contributed by atoms with Gasteiger partial charge in [0.05, 0.1) is 22.5 Å². The van der Waals surface area contributed by atoms with E-state index < -0.39 is 0 Å². The van der Waals surface area contributed by atoms with E-state index in [4.69, 9.17) is 4.74 Å². The van der Waals surface area contributed by atoms with Gasteiger partial charge in [0.15, 0.2) is 5.69 Å². The number of hydrogen-bond acceptors (Lipinski definition) is 6. The van der Waals surface area contributed by atoms with Crippen molar-refractivity contribution in [1.29, 1.82) is 0 Å². The molecule has 2 heterocycles. The van der Waals surface area contributed by atoms with Crippen molar-refractivity contribution in [1.82, 2.24) is 14.8 Å². The Morgan fingerprint density at radius 1 is 1.15 bits per heavy atom. The molecule has 0 bridgehead atoms. The topological polar surface area (TPSA) is 84.6 Å². The first-order valence-electron chi connectivity index (χ1n) is 8.48. The molecule has 0 unspecified atom stereocenters. The van der Waals surface area contributed by atoms with Crippen molar-refractivity contribution in [2.24, 2.45) is 10.2 Å². The number of benzene rings is 2. The van der Waals surface area contributed by atoms with Gasteiger partial charge in [-0.05, 0) is 38.1 Å². The van der Waals surface area contributed by atoms with E-state index in [-0.39, 0.29) is 11.2 Å². The Hall–Kier alpha value is -3.26. The van der Waals surface area contributed by atoms with Crippen LogP contribution in [0.25, 0.3) is 15.3 Å². The third-order valence-electron chi connectivity index (χ3n) is 3.94. The molecule has 0 saturated carbocycles. The largest absolute Gasteiger partial charge is 0.492 e. The summed E-state index contributed by atoms with van der Waals surface area (Å²) in [4.78, 5) is 17.3. The minimum Gasteiger partial charge on any atom is -0.492 e. The highest BCUT2D eigenvalue weighted by molar-refractivity contribution is 7.20. The second-order valence-electron chi connectivity index (χ2n) is 5.79. The summed E-state index contributed by atoms with van der Waals surface area (Å²) in [5, 5.41) is 12.0. The standard InChI is InChI=1S/C19H17N5O2S/c1-3-26-15-10-6-4-8-13(15)21-22-17-12(2)23-24(18(17)25)19-20-14-9-5-7-11-16(14)27-19/h4-11,23H,3H2,1-2H3. The molecule has 0 aliphatic rings. The maximum atomic E-state index is 12.8. The molecule has 27 heavy (non-hydrogen) atoms. The van der Waals surface area contributed by atoms with Crippen molar-refractivity contribution >= 4 is 32.9 Å². The first-order chi connectivity index (χ1) is 13.2. The number of aromatic nitrogens is 3. The van der Waals surface area contributed by atoms with Gasteiger partial charge in [0.1, 0.15) is 11.4 Å². The van der Waals surface area contributed by atoms with E-state index in [0.717, 1.165) is 10.2 Å². The van der Waals surface area contributed by atoms with Gasteiger partial charge in [-0.2, -0.15) is 4.68 Å². The number of fused-ring (bicyclic) bond motifs is 1. The molecule has 0 spiro atoms. The van der Waals surface area contributed by atoms with Crippen LogP contribution in [0.5, 0.6) is 5.75 Å². The van der Waals surface area contributed by atoms with Crippen LogP contribution in [0.15, 0.2) is 63.6 Å². The van der Waals surface area contributed by atoms with Crippen LogP contribution in [-0.4, -0.2) is 21.4 Å². The smallest absolute Gasteiger partial charge is 0.301 e. The average Bonchev–Trinajstić information content (AvgIpc) is 3.22. The van der Waals surface area contributed by atoms with E-state index in [1.807, 2.05) is 49.4 Å². The molecule has 0 saturated heterocycles. The molecule has 0 aliphatic heterocycles. The Bertz CT molecular complexity index is 1160. The minimum absolute atomic E-state index is 0.251. The average molecular weight is 379 g/mol. The normalized spacial score (nSPS) is 11.5. The van der Waals surface area contributed by atoms with Gasteiger partial charge in [-0.3, -0.25) is 9.89 Å². The molecule has 1 N–H and O–H groups in total. The summed E-state index contributed by atoms with van der Waals surface area (Å²) in [5.41, 5.74) is 2.01. The lowest BCUT2D eigenvalue weighted by atomic mass is 10.3. The summed E-state index contributed by atoms with van der Waals surface area (Å²) in [6.07, 6.45) is 0. The predicted molar refractivity (Wildman–Crippen MR) is 106 cm³/mol. The maximum Gasteiger partial charge on any atom is 0.301 e. The number of aromatic amines is 1. The number of ether oxygens (including phenoxy) is 1. The van der Waals surface area contributed by atoms with Crippen LogP contribution in [0.4, 0.5) is 11.4 Å². The summed E-state index contributed by atoms with van der Waals surface area (Å²) >= 11 is 1.44. The molecule has 4 rings (SSSR count). The third kappa shape index (κ3) is 3.26. The molecule has 0 amide bonds. The van der Waals surface area contributed by atoms with Crippen LogP contribution in [-0.2, 0) is 0 Å². The van der Waals surface area contributed by atoms with Crippen LogP contribution < -0.4 is 10.3 Å². The van der Waals surface area contributed by atoms with E-state index in [9.17, 15) is 4.79 Å². The molecule has 2 aromatic heterocycles. The molecule has 136 valence electrons. The summed E-state index contributed by atoms with van der Waals surface area (Å²) in [7, 11) is 0. The van der Waals surface area contributed by atoms with Crippen LogP contribution in [0.1, 0.15) is 12.6 Å². The number of nitrogens with zero attached hydrogens (tertiary/aromatic N) is 4. The first kappa shape index (κ1) is 17.2. The lowest BCUT2D eigenvalue weighted by Crippen LogP contribution is -2.13. The fourth-order valence-corrected chi connectivity index (χ4v) is 3.59. The fourth-order valence-electron chi connectivity index (χ4n) is 2.67. The van der Waals surface area contributed by atoms with Gasteiger partial charge in [0.25, 0.3) is 0 Å². The number of thiazole rings is 1. The van der Waals surface area contributed by atoms with Gasteiger partial charge in [-0.15, -0.1) is 10.2 Å². The highest BCUT2D eigenvalue weighted by atomic mass is 32.1. The highest BCUT2D eigenvalue weighted by Gasteiger charge is 2.15. The number of H-pyrrole nitrogens is 1. The van der Waals surface area contributed by atoms with Crippen LogP contribution in [0, 0.1) is 6.92 Å². The number of nitrogens with one attached hydrogen (secondary N) is 1. The zero-order valence-electron chi connectivity index (χ0n) is 14.8. The SMILES string of the molecule is CCOc1ccccc1N=Nc1c(C)[nH]n(-c2nc3ccccc3s2)c1=O. The van der Waals surface area contributed by atoms with Gasteiger partial charge >= 0.3 is 5.56 Å². The van der Waals surface area contributed by atoms with Gasteiger partial charge in [-0.1, -0.05) is 35.6 Å². The summed E-state index contributed by atoms with van der Waals surface area (Å²) in [6.45, 7) is 4.22. The number of rotatable bonds is 5. The summed E-state index contributed by atoms with van der Waals surface area (Å²) in [6, 6.07) is 15.1. The molecule has 0 aliphatic carbocycles. The molecular weight excluding hydrogens is 362 g/mol. The number of para-hydroxylation sites is 2. The van der Waals surface area contributed by atoms with Gasteiger partial charge < -0.3 is 4.74 Å². The van der Waals surface area contributed by atoms with E-state index in [2.05, 4.69) is 20.3 Å². The molecule has 0 atom stereocenters. The highest BCUT2D eigenvalue weighted by Crippen LogP contribution is 2.29. The van der Waals surface area contributed by atoms with Gasteiger partial charge in [-0.25, -0.2) is 4.98 Å². The maximum absolute atomic E-state index is 12.8. The Balaban J connectivity index is 1.72. The predicted octanol–water partition coefficient (Wildman–Crippen LogP) is 4.90. The monoisotopic (exact) mass is 379 g/mol. The van der Waals surface area contributed by atoms with E-state index in [1.165, 1.54) is 16.0 Å². The summed E-state index contributed by atoms with van der Waals surface area (Å²) < 4.78 is 7.96. The van der Waals surface area contributed by atoms with Crippen LogP contribution in [0.2, 0.25) is 0 Å². The molecule has 8 heteroatoms. The van der Waals surface area contributed by atoms with Crippen LogP contribution >= 0.6 is 11.3 Å². The first-order valence-corrected chi connectivity index (χ1v) is 9.30. The zero-order valence-corrected chi connectivity index (χ0v) is 15.7. The summed E-state index contributed by atoms with van der Waals surface area (Å²) in [5.74, 6) is 0.628. The van der Waals surface area contributed by atoms with Crippen LogP contribution in [0.3, 0.4) is 0 Å². The molecule has 7 nitrogen and oxygen atoms in total. The van der Waals surface area contributed by atoms with Gasteiger partial charge in [0.2, 0.25) is 5.13 Å². The van der Waals surface area contributed by atoms with E-state index >= 15 is 0 Å². The van der Waals surface area contributed by atoms with Crippen molar-refractivity contribution in [3.8, 4) is 10.9 Å². The number of aryl methyl sites for hydroxylation is 1. The van der Waals surface area contributed by atoms with E-state index in [1.54, 1.807) is 13.0 Å². The lowest BCUT2D eigenvalue weighted by Gasteiger charge is -2.04. The molecule has 0 radical (unpaired) electrons. The quantitative estimate of drug-likeness (QED) is 0.501.